The van der Waals surface area contributed by atoms with E-state index in [1.807, 2.05) is 0 Å². The van der Waals surface area contributed by atoms with Gasteiger partial charge in [-0.15, -0.1) is 0 Å². The van der Waals surface area contributed by atoms with Gasteiger partial charge >= 0.3 is 6.09 Å². The quantitative estimate of drug-likeness (QED) is 0.731. The van der Waals surface area contributed by atoms with Crippen LogP contribution < -0.4 is 16.4 Å². The molecule has 0 unspecified atom stereocenters. The molecule has 1 aliphatic heterocycles. The van der Waals surface area contributed by atoms with Gasteiger partial charge in [0.1, 0.15) is 17.2 Å². The van der Waals surface area contributed by atoms with Crippen LogP contribution in [0, 0.1) is 5.82 Å². The summed E-state index contributed by atoms with van der Waals surface area (Å²) in [4.78, 5) is 25.8. The van der Waals surface area contributed by atoms with Crippen molar-refractivity contribution in [1.29, 1.82) is 0 Å². The van der Waals surface area contributed by atoms with Crippen LogP contribution in [-0.2, 0) is 11.3 Å². The molecule has 0 bridgehead atoms. The number of allylic oxidation sites excluding steroid dienone is 2. The first-order valence-corrected chi connectivity index (χ1v) is 9.47. The number of anilines is 3. The maximum absolute atomic E-state index is 14.2. The van der Waals surface area contributed by atoms with Crippen molar-refractivity contribution in [1.82, 2.24) is 15.0 Å². The van der Waals surface area contributed by atoms with Crippen LogP contribution in [0.3, 0.4) is 0 Å². The lowest BCUT2D eigenvalue weighted by Gasteiger charge is -2.18. The Morgan fingerprint density at radius 1 is 1.31 bits per heavy atom. The lowest BCUT2D eigenvalue weighted by atomic mass is 10.1. The number of hydrogen-bond donors (Lipinski definition) is 2. The van der Waals surface area contributed by atoms with Crippen LogP contribution in [0.1, 0.15) is 11.4 Å². The summed E-state index contributed by atoms with van der Waals surface area (Å²) in [7, 11) is 4.26. The van der Waals surface area contributed by atoms with Gasteiger partial charge in [-0.3, -0.25) is 9.89 Å². The van der Waals surface area contributed by atoms with Crippen LogP contribution in [-0.4, -0.2) is 53.8 Å². The van der Waals surface area contributed by atoms with Crippen molar-refractivity contribution in [2.45, 2.75) is 6.54 Å². The zero-order valence-electron chi connectivity index (χ0n) is 17.9. The van der Waals surface area contributed by atoms with E-state index in [1.54, 1.807) is 37.4 Å². The van der Waals surface area contributed by atoms with Crippen LogP contribution in [0.25, 0.3) is 0 Å². The van der Waals surface area contributed by atoms with Gasteiger partial charge in [-0.05, 0) is 12.1 Å². The van der Waals surface area contributed by atoms with Crippen molar-refractivity contribution in [3.8, 4) is 0 Å². The summed E-state index contributed by atoms with van der Waals surface area (Å²) in [5.74, 6) is 0.153. The number of aromatic nitrogens is 2. The first kappa shape index (κ1) is 22.4. The standard InChI is InChI=1S/C21H23FN8O2/c1-5-8-13-15(19-26-17(23)16(18(24)27-19)29(3)21(31)32-4)28-30(20(13)25-2)11-12-9-6-7-10-14(12)22/h5-10H,1,11H2,2-4H3,(H4,23,24,26,27)/b13-8-,25-20?. The number of benzene rings is 1. The van der Waals surface area contributed by atoms with Crippen molar-refractivity contribution in [2.24, 2.45) is 10.1 Å². The molecule has 0 fully saturated rings. The average Bonchev–Trinajstić information content (AvgIpc) is 3.11. The monoisotopic (exact) mass is 438 g/mol. The third-order valence-corrected chi connectivity index (χ3v) is 4.67. The van der Waals surface area contributed by atoms with Crippen LogP contribution in [0.5, 0.6) is 0 Å². The van der Waals surface area contributed by atoms with E-state index in [-0.39, 0.29) is 35.5 Å². The number of methoxy groups -OCH3 is 1. The van der Waals surface area contributed by atoms with E-state index in [2.05, 4.69) is 31.4 Å². The maximum atomic E-state index is 14.2. The predicted molar refractivity (Wildman–Crippen MR) is 122 cm³/mol. The predicted octanol–water partition coefficient (Wildman–Crippen LogP) is 2.34. The number of amides is 1. The molecule has 4 N–H and O–H groups in total. The molecule has 1 aromatic heterocycles. The number of ether oxygens (including phenoxy) is 1. The Bertz CT molecular complexity index is 1140. The molecule has 1 amide bonds. The molecular weight excluding hydrogens is 415 g/mol. The molecule has 2 aromatic rings. The summed E-state index contributed by atoms with van der Waals surface area (Å²) >= 11 is 0. The van der Waals surface area contributed by atoms with Gasteiger partial charge in [0, 0.05) is 25.2 Å². The topological polar surface area (TPSA) is 135 Å². The highest BCUT2D eigenvalue weighted by molar-refractivity contribution is 6.31. The second-order valence-corrected chi connectivity index (χ2v) is 6.66. The molecule has 0 radical (unpaired) electrons. The molecule has 1 aliphatic rings. The Labute approximate surface area is 184 Å². The molecule has 10 nitrogen and oxygen atoms in total. The normalized spacial score (nSPS) is 15.8. The highest BCUT2D eigenvalue weighted by Crippen LogP contribution is 2.29. The number of aliphatic imine (C=N–C) groups is 1. The van der Waals surface area contributed by atoms with Gasteiger partial charge in [-0.1, -0.05) is 30.9 Å². The Balaban J connectivity index is 2.08. The number of carbonyl (C=O) groups excluding carboxylic acids is 1. The minimum atomic E-state index is -0.679. The lowest BCUT2D eigenvalue weighted by molar-refractivity contribution is 0.180. The van der Waals surface area contributed by atoms with Crippen molar-refractivity contribution < 1.29 is 13.9 Å². The second kappa shape index (κ2) is 9.25. The fourth-order valence-electron chi connectivity index (χ4n) is 3.21. The molecule has 0 saturated heterocycles. The Morgan fingerprint density at radius 3 is 2.53 bits per heavy atom. The molecule has 2 heterocycles. The van der Waals surface area contributed by atoms with Gasteiger partial charge in [0.15, 0.2) is 23.3 Å². The summed E-state index contributed by atoms with van der Waals surface area (Å²) < 4.78 is 18.9. The third-order valence-electron chi connectivity index (χ3n) is 4.67. The van der Waals surface area contributed by atoms with E-state index >= 15 is 0 Å². The first-order chi connectivity index (χ1) is 15.3. The number of hydrogen-bond acceptors (Lipinski definition) is 8. The molecule has 0 saturated carbocycles. The minimum absolute atomic E-state index is 0.0383. The average molecular weight is 438 g/mol. The fourth-order valence-corrected chi connectivity index (χ4v) is 3.21. The highest BCUT2D eigenvalue weighted by atomic mass is 19.1. The second-order valence-electron chi connectivity index (χ2n) is 6.66. The van der Waals surface area contributed by atoms with E-state index < -0.39 is 6.09 Å². The minimum Gasteiger partial charge on any atom is -0.452 e. The van der Waals surface area contributed by atoms with Crippen LogP contribution in [0.4, 0.5) is 26.5 Å². The molecular formula is C21H23FN8O2. The zero-order valence-corrected chi connectivity index (χ0v) is 17.9. The zero-order chi connectivity index (χ0) is 23.4. The van der Waals surface area contributed by atoms with Crippen LogP contribution in [0.15, 0.2) is 58.7 Å². The van der Waals surface area contributed by atoms with Gasteiger partial charge in [-0.25, -0.2) is 24.2 Å². The molecule has 32 heavy (non-hydrogen) atoms. The molecule has 0 atom stereocenters. The molecule has 166 valence electrons. The highest BCUT2D eigenvalue weighted by Gasteiger charge is 2.32. The van der Waals surface area contributed by atoms with E-state index in [1.165, 1.54) is 25.2 Å². The van der Waals surface area contributed by atoms with Gasteiger partial charge in [0.2, 0.25) is 0 Å². The summed E-state index contributed by atoms with van der Waals surface area (Å²) in [6.45, 7) is 3.86. The van der Waals surface area contributed by atoms with Crippen molar-refractivity contribution in [2.75, 3.05) is 37.6 Å². The van der Waals surface area contributed by atoms with E-state index in [4.69, 9.17) is 11.5 Å². The molecule has 3 rings (SSSR count). The van der Waals surface area contributed by atoms with Gasteiger partial charge in [0.05, 0.1) is 13.7 Å². The Hall–Kier alpha value is -4.28. The fraction of sp³-hybridized carbons (Fsp3) is 0.190. The summed E-state index contributed by atoms with van der Waals surface area (Å²) in [6, 6.07) is 6.39. The van der Waals surface area contributed by atoms with Crippen LogP contribution >= 0.6 is 0 Å². The summed E-state index contributed by atoms with van der Waals surface area (Å²) in [5, 5.41) is 6.09. The number of carbonyl (C=O) groups is 1. The van der Waals surface area contributed by atoms with Gasteiger partial charge < -0.3 is 16.2 Å². The van der Waals surface area contributed by atoms with Gasteiger partial charge in [-0.2, -0.15) is 5.10 Å². The number of halogens is 1. The van der Waals surface area contributed by atoms with Gasteiger partial charge in [0.25, 0.3) is 0 Å². The number of nitrogens with two attached hydrogens (primary N) is 2. The Morgan fingerprint density at radius 2 is 1.97 bits per heavy atom. The molecule has 0 spiro atoms. The van der Waals surface area contributed by atoms with Crippen molar-refractivity contribution in [3.63, 3.8) is 0 Å². The van der Waals surface area contributed by atoms with Crippen molar-refractivity contribution in [3.05, 3.63) is 65.8 Å². The largest absolute Gasteiger partial charge is 0.452 e. The molecule has 0 aliphatic carbocycles. The third kappa shape index (κ3) is 4.13. The number of hydrazone groups is 1. The Kier molecular flexibility index (Phi) is 6.47. The number of amidine groups is 1. The number of nitrogens with zero attached hydrogens (tertiary/aromatic N) is 6. The van der Waals surface area contributed by atoms with E-state index in [9.17, 15) is 9.18 Å². The first-order valence-electron chi connectivity index (χ1n) is 9.47. The summed E-state index contributed by atoms with van der Waals surface area (Å²) in [5.41, 5.74) is 13.6. The molecule has 1 aromatic carbocycles. The SMILES string of the molecule is C=C/C=C1/C(c2nc(N)c(N(C)C(=O)OC)c(N)n2)=NN(Cc2ccccc2F)C1=NC. The molecule has 11 heteroatoms. The number of rotatable bonds is 5. The van der Waals surface area contributed by atoms with Crippen molar-refractivity contribution >= 4 is 35.0 Å². The van der Waals surface area contributed by atoms with E-state index in [0.717, 1.165) is 4.90 Å². The number of nitrogen functional groups attached to an aromatic ring is 2. The van der Waals surface area contributed by atoms with Crippen LogP contribution in [0.2, 0.25) is 0 Å². The van der Waals surface area contributed by atoms with E-state index in [0.29, 0.717) is 22.7 Å². The maximum Gasteiger partial charge on any atom is 0.413 e. The lowest BCUT2D eigenvalue weighted by Crippen LogP contribution is -2.29. The summed E-state index contributed by atoms with van der Waals surface area (Å²) in [6.07, 6.45) is 2.57. The smallest absolute Gasteiger partial charge is 0.413 e.